The Hall–Kier alpha value is -4.11. The third-order valence-electron chi connectivity index (χ3n) is 7.82. The van der Waals surface area contributed by atoms with Crippen LogP contribution in [-0.2, 0) is 4.79 Å². The number of carbonyl (C=O) groups excluding carboxylic acids is 1. The van der Waals surface area contributed by atoms with Crippen LogP contribution in [-0.4, -0.2) is 55.5 Å². The molecule has 0 spiro atoms. The molecule has 4 aromatic rings. The first-order valence-corrected chi connectivity index (χ1v) is 14.4. The third kappa shape index (κ3) is 5.06. The number of aryl methyl sites for hydroxylation is 2. The van der Waals surface area contributed by atoms with E-state index in [2.05, 4.69) is 16.5 Å². The summed E-state index contributed by atoms with van der Waals surface area (Å²) >= 11 is 6.83. The highest BCUT2D eigenvalue weighted by molar-refractivity contribution is 6.33. The molecule has 1 aromatic carbocycles. The fourth-order valence-corrected chi connectivity index (χ4v) is 5.92. The summed E-state index contributed by atoms with van der Waals surface area (Å²) in [7, 11) is 0. The van der Waals surface area contributed by atoms with Gasteiger partial charge in [-0.3, -0.25) is 9.78 Å². The first-order chi connectivity index (χ1) is 19.9. The van der Waals surface area contributed by atoms with Crippen LogP contribution in [0.2, 0.25) is 5.02 Å². The highest BCUT2D eigenvalue weighted by Gasteiger charge is 2.34. The number of halogens is 2. The number of hydrogen-bond donors (Lipinski definition) is 0. The van der Waals surface area contributed by atoms with Crippen LogP contribution in [0.25, 0.3) is 28.0 Å². The smallest absolute Gasteiger partial charge is 0.349 e. The van der Waals surface area contributed by atoms with Gasteiger partial charge in [0.05, 0.1) is 27.5 Å². The zero-order chi connectivity index (χ0) is 30.5. The lowest BCUT2D eigenvalue weighted by molar-refractivity contribution is -0.128. The molecule has 1 saturated heterocycles. The number of fused-ring (bicyclic) bond motifs is 1. The first-order valence-electron chi connectivity index (χ1n) is 14.0. The van der Waals surface area contributed by atoms with Gasteiger partial charge < -0.3 is 9.80 Å². The van der Waals surface area contributed by atoms with Gasteiger partial charge in [0, 0.05) is 36.9 Å². The number of aromatic nitrogens is 4. The Kier molecular flexibility index (Phi) is 7.90. The number of pyridine rings is 2. The molecule has 0 bridgehead atoms. The van der Waals surface area contributed by atoms with Crippen molar-refractivity contribution < 1.29 is 9.18 Å². The van der Waals surface area contributed by atoms with Crippen molar-refractivity contribution in [2.24, 2.45) is 0 Å². The van der Waals surface area contributed by atoms with Crippen LogP contribution < -0.4 is 10.6 Å². The number of amides is 1. The van der Waals surface area contributed by atoms with Crippen molar-refractivity contribution in [3.63, 3.8) is 0 Å². The lowest BCUT2D eigenvalue weighted by Gasteiger charge is -2.44. The highest BCUT2D eigenvalue weighted by Crippen LogP contribution is 2.37. The summed E-state index contributed by atoms with van der Waals surface area (Å²) in [5.41, 5.74) is 3.21. The van der Waals surface area contributed by atoms with Gasteiger partial charge in [0.1, 0.15) is 11.6 Å². The summed E-state index contributed by atoms with van der Waals surface area (Å²) < 4.78 is 16.6. The summed E-state index contributed by atoms with van der Waals surface area (Å²) in [6.45, 7) is 16.2. The van der Waals surface area contributed by atoms with E-state index in [0.717, 1.165) is 11.1 Å². The van der Waals surface area contributed by atoms with Crippen LogP contribution in [0.5, 0.6) is 0 Å². The van der Waals surface area contributed by atoms with E-state index in [1.54, 1.807) is 29.3 Å². The van der Waals surface area contributed by atoms with Crippen LogP contribution in [0.3, 0.4) is 0 Å². The van der Waals surface area contributed by atoms with Crippen molar-refractivity contribution in [3.8, 4) is 16.9 Å². The van der Waals surface area contributed by atoms with Crippen LogP contribution >= 0.6 is 11.6 Å². The van der Waals surface area contributed by atoms with Crippen molar-refractivity contribution in [1.29, 1.82) is 0 Å². The molecule has 0 saturated carbocycles. The van der Waals surface area contributed by atoms with Gasteiger partial charge in [0.15, 0.2) is 5.65 Å². The molecule has 1 aliphatic heterocycles. The number of benzene rings is 1. The Balaban J connectivity index is 1.84. The molecule has 10 heteroatoms. The second-order valence-corrected chi connectivity index (χ2v) is 11.7. The molecule has 0 unspecified atom stereocenters. The quantitative estimate of drug-likeness (QED) is 0.266. The standard InChI is InChI=1S/C32H34ClFN6O2/c1-8-26(41)38-15-21(7)39(16-20(38)6)30-23-14-24(33)28(22-13-18(4)9-10-25(22)34)36-31(23)40(32(42)37-30)29-19(5)11-12-35-27(29)17(2)3/h8-14,17,20-21H,1,15-16H2,2-7H3/t20-,21+/m1/s1. The lowest BCUT2D eigenvalue weighted by atomic mass is 10.0. The molecular formula is C32H34ClFN6O2. The molecule has 0 aliphatic carbocycles. The summed E-state index contributed by atoms with van der Waals surface area (Å²) in [5, 5.41) is 0.769. The highest BCUT2D eigenvalue weighted by atomic mass is 35.5. The lowest BCUT2D eigenvalue weighted by Crippen LogP contribution is -2.58. The molecule has 5 rings (SSSR count). The predicted octanol–water partition coefficient (Wildman–Crippen LogP) is 5.99. The van der Waals surface area contributed by atoms with E-state index in [9.17, 15) is 9.59 Å². The number of rotatable bonds is 5. The second-order valence-electron chi connectivity index (χ2n) is 11.3. The molecule has 2 atom stereocenters. The van der Waals surface area contributed by atoms with Gasteiger partial charge in [-0.15, -0.1) is 0 Å². The maximum atomic E-state index is 15.1. The van der Waals surface area contributed by atoms with Crippen LogP contribution in [0, 0.1) is 19.7 Å². The first kappa shape index (κ1) is 29.4. The van der Waals surface area contributed by atoms with Crippen LogP contribution in [0.1, 0.15) is 50.4 Å². The van der Waals surface area contributed by atoms with Crippen molar-refractivity contribution in [2.45, 2.75) is 59.5 Å². The molecule has 0 radical (unpaired) electrons. The van der Waals surface area contributed by atoms with E-state index in [-0.39, 0.29) is 40.2 Å². The van der Waals surface area contributed by atoms with Gasteiger partial charge in [-0.2, -0.15) is 4.98 Å². The fourth-order valence-electron chi connectivity index (χ4n) is 5.67. The molecule has 1 aliphatic rings. The number of nitrogens with zero attached hydrogens (tertiary/aromatic N) is 6. The van der Waals surface area contributed by atoms with Crippen molar-refractivity contribution in [1.82, 2.24) is 24.4 Å². The minimum Gasteiger partial charge on any atom is -0.349 e. The SMILES string of the molecule is C=CC(=O)N1C[C@H](C)N(c2nc(=O)n(-c3c(C)ccnc3C(C)C)c3nc(-c4cc(C)ccc4F)c(Cl)cc23)C[C@H]1C. The van der Waals surface area contributed by atoms with Crippen molar-refractivity contribution in [2.75, 3.05) is 18.0 Å². The van der Waals surface area contributed by atoms with Gasteiger partial charge in [-0.25, -0.2) is 18.7 Å². The van der Waals surface area contributed by atoms with Gasteiger partial charge in [0.25, 0.3) is 0 Å². The van der Waals surface area contributed by atoms with Gasteiger partial charge in [-0.05, 0) is 69.5 Å². The average molecular weight is 589 g/mol. The molecule has 42 heavy (non-hydrogen) atoms. The zero-order valence-electron chi connectivity index (χ0n) is 24.7. The Bertz CT molecular complexity index is 1790. The number of anilines is 1. The summed E-state index contributed by atoms with van der Waals surface area (Å²) in [5.74, 6) is -0.207. The summed E-state index contributed by atoms with van der Waals surface area (Å²) in [6, 6.07) is 7.96. The molecule has 1 fully saturated rings. The van der Waals surface area contributed by atoms with E-state index in [1.165, 1.54) is 16.7 Å². The van der Waals surface area contributed by atoms with E-state index < -0.39 is 11.5 Å². The van der Waals surface area contributed by atoms with Gasteiger partial charge in [-0.1, -0.05) is 43.7 Å². The Labute approximate surface area is 249 Å². The molecule has 218 valence electrons. The second kappa shape index (κ2) is 11.3. The number of piperazine rings is 1. The zero-order valence-corrected chi connectivity index (χ0v) is 25.4. The maximum absolute atomic E-state index is 15.1. The fraction of sp³-hybridized carbons (Fsp3) is 0.344. The minimum atomic E-state index is -0.537. The Morgan fingerprint density at radius 1 is 1.12 bits per heavy atom. The van der Waals surface area contributed by atoms with E-state index in [1.807, 2.05) is 52.5 Å². The molecule has 0 N–H and O–H groups in total. The van der Waals surface area contributed by atoms with Crippen LogP contribution in [0.15, 0.2) is 54.0 Å². The monoisotopic (exact) mass is 588 g/mol. The number of carbonyl (C=O) groups is 1. The van der Waals surface area contributed by atoms with Crippen LogP contribution in [0.4, 0.5) is 10.2 Å². The van der Waals surface area contributed by atoms with E-state index in [4.69, 9.17) is 16.6 Å². The Morgan fingerprint density at radius 2 is 1.86 bits per heavy atom. The predicted molar refractivity (Wildman–Crippen MR) is 165 cm³/mol. The summed E-state index contributed by atoms with van der Waals surface area (Å²) in [6.07, 6.45) is 3.03. The molecule has 3 aromatic heterocycles. The molecule has 8 nitrogen and oxygen atoms in total. The molecule has 4 heterocycles. The van der Waals surface area contributed by atoms with Gasteiger partial charge >= 0.3 is 5.69 Å². The number of hydrogen-bond acceptors (Lipinski definition) is 6. The maximum Gasteiger partial charge on any atom is 0.355 e. The normalized spacial score (nSPS) is 17.3. The van der Waals surface area contributed by atoms with Gasteiger partial charge in [0.2, 0.25) is 5.91 Å². The topological polar surface area (TPSA) is 84.2 Å². The average Bonchev–Trinajstić information content (AvgIpc) is 2.95. The summed E-state index contributed by atoms with van der Waals surface area (Å²) in [4.78, 5) is 44.4. The Morgan fingerprint density at radius 3 is 2.55 bits per heavy atom. The van der Waals surface area contributed by atoms with E-state index in [0.29, 0.717) is 41.3 Å². The molecule has 1 amide bonds. The third-order valence-corrected chi connectivity index (χ3v) is 8.11. The largest absolute Gasteiger partial charge is 0.355 e. The van der Waals surface area contributed by atoms with Crippen molar-refractivity contribution >= 4 is 34.4 Å². The van der Waals surface area contributed by atoms with E-state index >= 15 is 4.39 Å². The molecular weight excluding hydrogens is 555 g/mol. The van der Waals surface area contributed by atoms with Crippen molar-refractivity contribution in [3.05, 3.63) is 87.3 Å². The minimum absolute atomic E-state index is 0.00105.